The van der Waals surface area contributed by atoms with Gasteiger partial charge in [0, 0.05) is 0 Å². The van der Waals surface area contributed by atoms with Crippen molar-refractivity contribution in [2.75, 3.05) is 0 Å². The maximum atomic E-state index is 2.48. The average molecular weight is 341 g/mol. The minimum atomic E-state index is 0.839. The normalized spacial score (nSPS) is 30.3. The summed E-state index contributed by atoms with van der Waals surface area (Å²) in [5.41, 5.74) is 3.24. The highest BCUT2D eigenvalue weighted by molar-refractivity contribution is 5.28. The number of benzene rings is 1. The molecule has 0 unspecified atom stereocenters. The Morgan fingerprint density at radius 1 is 0.640 bits per heavy atom. The van der Waals surface area contributed by atoms with E-state index in [1.807, 2.05) is 0 Å². The van der Waals surface area contributed by atoms with Gasteiger partial charge in [0.15, 0.2) is 0 Å². The fourth-order valence-corrected chi connectivity index (χ4v) is 5.41. The molecule has 1 aromatic carbocycles. The van der Waals surface area contributed by atoms with E-state index in [2.05, 4.69) is 38.1 Å². The third kappa shape index (κ3) is 5.35. The second-order valence-electron chi connectivity index (χ2n) is 9.01. The molecule has 1 aromatic rings. The zero-order chi connectivity index (χ0) is 17.5. The van der Waals surface area contributed by atoms with Crippen LogP contribution in [0.15, 0.2) is 24.3 Å². The Bertz CT molecular complexity index is 469. The molecule has 0 aliphatic heterocycles. The Labute approximate surface area is 156 Å². The summed E-state index contributed by atoms with van der Waals surface area (Å²) in [5, 5.41) is 0. The molecule has 0 radical (unpaired) electrons. The minimum Gasteiger partial charge on any atom is -0.0654 e. The molecule has 2 aliphatic carbocycles. The summed E-state index contributed by atoms with van der Waals surface area (Å²) >= 11 is 0. The van der Waals surface area contributed by atoms with E-state index in [0.29, 0.717) is 0 Å². The molecule has 0 N–H and O–H groups in total. The summed E-state index contributed by atoms with van der Waals surface area (Å²) in [5.74, 6) is 3.71. The Balaban J connectivity index is 1.47. The molecular formula is C25H40. The lowest BCUT2D eigenvalue weighted by atomic mass is 9.75. The fraction of sp³-hybridized carbons (Fsp3) is 0.760. The molecule has 0 nitrogen and oxygen atoms in total. The lowest BCUT2D eigenvalue weighted by molar-refractivity contribution is 0.302. The van der Waals surface area contributed by atoms with Gasteiger partial charge in [0.05, 0.1) is 0 Å². The van der Waals surface area contributed by atoms with Crippen LogP contribution in [0.5, 0.6) is 0 Å². The molecular weight excluding hydrogens is 300 g/mol. The molecule has 2 fully saturated rings. The maximum Gasteiger partial charge on any atom is -0.0162 e. The number of rotatable bonds is 7. The highest BCUT2D eigenvalue weighted by Crippen LogP contribution is 2.40. The second-order valence-corrected chi connectivity index (χ2v) is 9.01. The summed E-state index contributed by atoms with van der Waals surface area (Å²) < 4.78 is 0. The number of hydrogen-bond donors (Lipinski definition) is 0. The molecule has 0 aromatic heterocycles. The van der Waals surface area contributed by atoms with Gasteiger partial charge in [-0.2, -0.15) is 0 Å². The largest absolute Gasteiger partial charge is 0.0654 e. The van der Waals surface area contributed by atoms with E-state index in [0.717, 1.165) is 23.7 Å². The molecule has 3 rings (SSSR count). The monoisotopic (exact) mass is 340 g/mol. The number of hydrogen-bond acceptors (Lipinski definition) is 0. The molecule has 2 saturated carbocycles. The Hall–Kier alpha value is -0.780. The Kier molecular flexibility index (Phi) is 7.44. The van der Waals surface area contributed by atoms with Crippen molar-refractivity contribution in [2.24, 2.45) is 11.8 Å². The van der Waals surface area contributed by atoms with Crippen molar-refractivity contribution < 1.29 is 0 Å². The van der Waals surface area contributed by atoms with E-state index in [4.69, 9.17) is 0 Å². The molecule has 0 saturated heterocycles. The van der Waals surface area contributed by atoms with Gasteiger partial charge >= 0.3 is 0 Å². The predicted octanol–water partition coefficient (Wildman–Crippen LogP) is 8.22. The molecule has 140 valence electrons. The van der Waals surface area contributed by atoms with Crippen LogP contribution in [0.1, 0.15) is 120 Å². The first-order valence-corrected chi connectivity index (χ1v) is 11.4. The minimum absolute atomic E-state index is 0.839. The topological polar surface area (TPSA) is 0 Å². The molecule has 25 heavy (non-hydrogen) atoms. The van der Waals surface area contributed by atoms with Crippen molar-refractivity contribution >= 4 is 0 Å². The van der Waals surface area contributed by atoms with E-state index < -0.39 is 0 Å². The van der Waals surface area contributed by atoms with Crippen LogP contribution >= 0.6 is 0 Å². The van der Waals surface area contributed by atoms with Gasteiger partial charge in [0.1, 0.15) is 0 Å². The third-order valence-corrected chi connectivity index (χ3v) is 7.37. The van der Waals surface area contributed by atoms with Crippen LogP contribution in [-0.2, 0) is 0 Å². The Morgan fingerprint density at radius 2 is 1.12 bits per heavy atom. The average Bonchev–Trinajstić information content (AvgIpc) is 2.69. The molecule has 0 heteroatoms. The highest BCUT2D eigenvalue weighted by Gasteiger charge is 2.24. The lowest BCUT2D eigenvalue weighted by Gasteiger charge is -2.30. The smallest absolute Gasteiger partial charge is 0.0162 e. The van der Waals surface area contributed by atoms with E-state index in [1.165, 1.54) is 83.5 Å². The zero-order valence-electron chi connectivity index (χ0n) is 16.8. The van der Waals surface area contributed by atoms with E-state index in [-0.39, 0.29) is 0 Å². The van der Waals surface area contributed by atoms with Crippen LogP contribution in [0, 0.1) is 11.8 Å². The van der Waals surface area contributed by atoms with Gasteiger partial charge in [0.25, 0.3) is 0 Å². The van der Waals surface area contributed by atoms with Crippen molar-refractivity contribution in [1.82, 2.24) is 0 Å². The van der Waals surface area contributed by atoms with Crippen molar-refractivity contribution in [3.05, 3.63) is 35.4 Å². The van der Waals surface area contributed by atoms with Crippen LogP contribution in [0.25, 0.3) is 0 Å². The predicted molar refractivity (Wildman–Crippen MR) is 110 cm³/mol. The summed E-state index contributed by atoms with van der Waals surface area (Å²) in [6.45, 7) is 4.67. The van der Waals surface area contributed by atoms with E-state index in [9.17, 15) is 0 Å². The fourth-order valence-electron chi connectivity index (χ4n) is 5.41. The summed E-state index contributed by atoms with van der Waals surface area (Å²) in [6.07, 6.45) is 18.7. The van der Waals surface area contributed by atoms with Crippen molar-refractivity contribution in [2.45, 2.75) is 109 Å². The SMILES string of the molecule is CCCCC[C@H]1CC[C@H](c2ccc([C@H]3CC[C@H](CC)CC3)cc2)CC1. The summed E-state index contributed by atoms with van der Waals surface area (Å²) in [6, 6.07) is 9.89. The highest BCUT2D eigenvalue weighted by atomic mass is 14.3. The van der Waals surface area contributed by atoms with Crippen LogP contribution in [0.2, 0.25) is 0 Å². The van der Waals surface area contributed by atoms with Gasteiger partial charge in [-0.05, 0) is 86.2 Å². The first-order chi connectivity index (χ1) is 12.3. The number of unbranched alkanes of at least 4 members (excludes halogenated alkanes) is 2. The first-order valence-electron chi connectivity index (χ1n) is 11.4. The maximum absolute atomic E-state index is 2.48. The van der Waals surface area contributed by atoms with Crippen molar-refractivity contribution in [1.29, 1.82) is 0 Å². The van der Waals surface area contributed by atoms with Gasteiger partial charge in [0.2, 0.25) is 0 Å². The molecule has 0 amide bonds. The van der Waals surface area contributed by atoms with Crippen LogP contribution in [0.4, 0.5) is 0 Å². The quantitative estimate of drug-likeness (QED) is 0.438. The molecule has 0 heterocycles. The van der Waals surface area contributed by atoms with Gasteiger partial charge in [-0.25, -0.2) is 0 Å². The van der Waals surface area contributed by atoms with Crippen LogP contribution < -0.4 is 0 Å². The van der Waals surface area contributed by atoms with Gasteiger partial charge in [-0.15, -0.1) is 0 Å². The van der Waals surface area contributed by atoms with Crippen molar-refractivity contribution in [3.63, 3.8) is 0 Å². The zero-order valence-corrected chi connectivity index (χ0v) is 16.8. The molecule has 0 atom stereocenters. The van der Waals surface area contributed by atoms with Crippen molar-refractivity contribution in [3.8, 4) is 0 Å². The molecule has 0 bridgehead atoms. The van der Waals surface area contributed by atoms with Gasteiger partial charge < -0.3 is 0 Å². The second kappa shape index (κ2) is 9.79. The van der Waals surface area contributed by atoms with E-state index >= 15 is 0 Å². The molecule has 0 spiro atoms. The van der Waals surface area contributed by atoms with Crippen LogP contribution in [0.3, 0.4) is 0 Å². The van der Waals surface area contributed by atoms with Gasteiger partial charge in [-0.1, -0.05) is 70.2 Å². The standard InChI is InChI=1S/C25H40/c1-3-5-6-7-21-10-14-23(15-11-21)25-18-16-24(17-19-25)22-12-8-20(4-2)9-13-22/h16-23H,3-15H2,1-2H3/t20-,21-,22-,23-. The first kappa shape index (κ1) is 19.0. The van der Waals surface area contributed by atoms with Crippen LogP contribution in [-0.4, -0.2) is 0 Å². The third-order valence-electron chi connectivity index (χ3n) is 7.37. The Morgan fingerprint density at radius 3 is 1.56 bits per heavy atom. The summed E-state index contributed by atoms with van der Waals surface area (Å²) in [7, 11) is 0. The summed E-state index contributed by atoms with van der Waals surface area (Å²) in [4.78, 5) is 0. The lowest BCUT2D eigenvalue weighted by Crippen LogP contribution is -2.14. The van der Waals surface area contributed by atoms with Gasteiger partial charge in [-0.3, -0.25) is 0 Å². The van der Waals surface area contributed by atoms with E-state index in [1.54, 1.807) is 11.1 Å². The molecule has 2 aliphatic rings.